The molecule has 0 aliphatic rings. The minimum absolute atomic E-state index is 0. The Labute approximate surface area is 325 Å². The van der Waals surface area contributed by atoms with Crippen LogP contribution in [-0.4, -0.2) is 9.85 Å². The lowest BCUT2D eigenvalue weighted by Gasteiger charge is -2.15. The second-order valence-electron chi connectivity index (χ2n) is 13.0. The number of alkyl halides is 6. The maximum absolute atomic E-state index is 12.4. The Hall–Kier alpha value is -4.74. The standard InChI is InChI=1S/C11H10F6.C10H14.2C9H11NO2.4CH4/c1-6(2)7-3-8(10(12,13)14)5-9(4-7)11(15,16)17;1-8(2)10-6-4-9(3)5-7-10;1-7(2)8-4-3-5-9(6-8)10(11)12;1-7(2)8-5-3-4-6-9(8)10(11)12;;;;/h3-6H,1-2H3;4-8H,1-3H3;2*3-7H,1-2H3;4*1H4. The van der Waals surface area contributed by atoms with Gasteiger partial charge in [-0.3, -0.25) is 20.2 Å². The monoisotopic (exact) mass is 784 g/mol. The molecule has 0 atom stereocenters. The summed E-state index contributed by atoms with van der Waals surface area (Å²) in [5, 5.41) is 20.9. The first-order valence-corrected chi connectivity index (χ1v) is 16.3. The first-order valence-electron chi connectivity index (χ1n) is 16.3. The lowest BCUT2D eigenvalue weighted by Crippen LogP contribution is -2.12. The summed E-state index contributed by atoms with van der Waals surface area (Å²) in [7, 11) is 0. The second-order valence-corrected chi connectivity index (χ2v) is 13.0. The predicted molar refractivity (Wildman–Crippen MR) is 217 cm³/mol. The van der Waals surface area contributed by atoms with E-state index in [-0.39, 0.29) is 68.5 Å². The van der Waals surface area contributed by atoms with Gasteiger partial charge in [-0.1, -0.05) is 145 Å². The summed E-state index contributed by atoms with van der Waals surface area (Å²) in [4.78, 5) is 20.2. The number of rotatable bonds is 6. The highest BCUT2D eigenvalue weighted by molar-refractivity contribution is 5.41. The van der Waals surface area contributed by atoms with Crippen LogP contribution in [-0.2, 0) is 12.4 Å². The third-order valence-electron chi connectivity index (χ3n) is 7.52. The van der Waals surface area contributed by atoms with Crippen LogP contribution < -0.4 is 0 Å². The quantitative estimate of drug-likeness (QED) is 0.111. The molecule has 0 spiro atoms. The minimum atomic E-state index is -4.77. The van der Waals surface area contributed by atoms with Crippen molar-refractivity contribution in [3.05, 3.63) is 150 Å². The van der Waals surface area contributed by atoms with Gasteiger partial charge >= 0.3 is 12.4 Å². The number of nitro benzene ring substituents is 2. The molecule has 0 saturated carbocycles. The van der Waals surface area contributed by atoms with E-state index in [0.717, 1.165) is 23.3 Å². The number of non-ortho nitro benzene ring substituents is 1. The zero-order valence-electron chi connectivity index (χ0n) is 30.3. The number of aryl methyl sites for hydroxylation is 1. The zero-order valence-corrected chi connectivity index (χ0v) is 30.3. The van der Waals surface area contributed by atoms with Gasteiger partial charge in [0, 0.05) is 23.8 Å². The normalized spacial score (nSPS) is 10.5. The summed E-state index contributed by atoms with van der Waals surface area (Å²) in [5.74, 6) is 0.787. The van der Waals surface area contributed by atoms with E-state index < -0.39 is 29.4 Å². The topological polar surface area (TPSA) is 86.3 Å². The number of halogens is 6. The van der Waals surface area contributed by atoms with Crippen molar-refractivity contribution in [3.8, 4) is 0 Å². The van der Waals surface area contributed by atoms with E-state index in [1.165, 1.54) is 37.1 Å². The third kappa shape index (κ3) is 20.0. The SMILES string of the molecule is C.C.C.C.CC(C)c1cc(C(F)(F)F)cc(C(F)(F)F)c1.CC(C)c1cccc([N+](=O)[O-])c1.CC(C)c1ccccc1[N+](=O)[O-].Cc1ccc(C(C)C)cc1. The van der Waals surface area contributed by atoms with Crippen LogP contribution in [0.2, 0.25) is 0 Å². The van der Waals surface area contributed by atoms with Crippen molar-refractivity contribution in [1.29, 1.82) is 0 Å². The first kappa shape index (κ1) is 57.0. The van der Waals surface area contributed by atoms with Gasteiger partial charge in [-0.15, -0.1) is 0 Å². The van der Waals surface area contributed by atoms with Crippen LogP contribution in [0.5, 0.6) is 0 Å². The fourth-order valence-corrected chi connectivity index (χ4v) is 4.40. The van der Waals surface area contributed by atoms with E-state index in [0.29, 0.717) is 11.8 Å². The van der Waals surface area contributed by atoms with Crippen molar-refractivity contribution in [2.75, 3.05) is 0 Å². The van der Waals surface area contributed by atoms with Crippen LogP contribution in [0.1, 0.15) is 148 Å². The Kier molecular flexibility index (Phi) is 26.3. The maximum atomic E-state index is 12.4. The first-order chi connectivity index (χ1) is 23.4. The van der Waals surface area contributed by atoms with E-state index in [1.807, 2.05) is 39.8 Å². The molecule has 0 bridgehead atoms. The summed E-state index contributed by atoms with van der Waals surface area (Å²) < 4.78 is 74.6. The van der Waals surface area contributed by atoms with Gasteiger partial charge in [-0.2, -0.15) is 26.3 Å². The molecule has 0 saturated heterocycles. The number of hydrogen-bond donors (Lipinski definition) is 0. The Balaban J connectivity index is -0.000000313. The lowest BCUT2D eigenvalue weighted by molar-refractivity contribution is -0.385. The van der Waals surface area contributed by atoms with Crippen molar-refractivity contribution in [3.63, 3.8) is 0 Å². The van der Waals surface area contributed by atoms with Crippen LogP contribution in [0, 0.1) is 27.2 Å². The molecule has 12 heteroatoms. The maximum Gasteiger partial charge on any atom is 0.416 e. The molecular formula is C43H62F6N2O4. The Bertz CT molecular complexity index is 1670. The molecule has 4 rings (SSSR count). The molecule has 0 unspecified atom stereocenters. The van der Waals surface area contributed by atoms with Gasteiger partial charge in [-0.05, 0) is 65.5 Å². The highest BCUT2D eigenvalue weighted by Crippen LogP contribution is 2.37. The highest BCUT2D eigenvalue weighted by atomic mass is 19.4. The van der Waals surface area contributed by atoms with Gasteiger partial charge < -0.3 is 0 Å². The van der Waals surface area contributed by atoms with Crippen LogP contribution in [0.4, 0.5) is 37.7 Å². The molecule has 6 nitrogen and oxygen atoms in total. The number of hydrogen-bond acceptors (Lipinski definition) is 4. The van der Waals surface area contributed by atoms with Crippen molar-refractivity contribution in [1.82, 2.24) is 0 Å². The van der Waals surface area contributed by atoms with Crippen molar-refractivity contribution >= 4 is 11.4 Å². The third-order valence-corrected chi connectivity index (χ3v) is 7.52. The van der Waals surface area contributed by atoms with Crippen LogP contribution >= 0.6 is 0 Å². The van der Waals surface area contributed by atoms with E-state index in [1.54, 1.807) is 24.3 Å². The number of benzene rings is 4. The van der Waals surface area contributed by atoms with Gasteiger partial charge in [0.25, 0.3) is 11.4 Å². The van der Waals surface area contributed by atoms with E-state index in [2.05, 4.69) is 45.0 Å². The lowest BCUT2D eigenvalue weighted by atomic mass is 9.97. The minimum Gasteiger partial charge on any atom is -0.258 e. The van der Waals surface area contributed by atoms with Crippen LogP contribution in [0.25, 0.3) is 0 Å². The molecule has 0 N–H and O–H groups in total. The molecule has 0 aromatic heterocycles. The molecule has 0 aliphatic carbocycles. The fourth-order valence-electron chi connectivity index (χ4n) is 4.40. The van der Waals surface area contributed by atoms with Gasteiger partial charge in [0.05, 0.1) is 21.0 Å². The van der Waals surface area contributed by atoms with Crippen LogP contribution in [0.3, 0.4) is 0 Å². The van der Waals surface area contributed by atoms with E-state index >= 15 is 0 Å². The van der Waals surface area contributed by atoms with Gasteiger partial charge in [0.1, 0.15) is 0 Å². The molecule has 4 aromatic carbocycles. The molecule has 0 aliphatic heterocycles. The molecule has 0 amide bonds. The Morgan fingerprint density at radius 2 is 0.927 bits per heavy atom. The molecule has 55 heavy (non-hydrogen) atoms. The van der Waals surface area contributed by atoms with Crippen molar-refractivity contribution in [2.45, 2.75) is 128 Å². The van der Waals surface area contributed by atoms with Crippen molar-refractivity contribution < 1.29 is 36.2 Å². The molecule has 310 valence electrons. The smallest absolute Gasteiger partial charge is 0.258 e. The molecule has 4 aromatic rings. The second kappa shape index (κ2) is 25.4. The zero-order chi connectivity index (χ0) is 39.3. The number of para-hydroxylation sites is 1. The summed E-state index contributed by atoms with van der Waals surface area (Å²) in [6, 6.07) is 23.9. The summed E-state index contributed by atoms with van der Waals surface area (Å²) in [6.45, 7) is 17.5. The fraction of sp³-hybridized carbons (Fsp3) is 0.442. The van der Waals surface area contributed by atoms with E-state index in [4.69, 9.17) is 0 Å². The number of nitro groups is 2. The summed E-state index contributed by atoms with van der Waals surface area (Å²) in [5.41, 5.74) is 2.43. The van der Waals surface area contributed by atoms with Crippen molar-refractivity contribution in [2.24, 2.45) is 0 Å². The average Bonchev–Trinajstić information content (AvgIpc) is 3.04. The molecule has 0 fully saturated rings. The van der Waals surface area contributed by atoms with Crippen LogP contribution in [0.15, 0.2) is 91.0 Å². The highest BCUT2D eigenvalue weighted by Gasteiger charge is 2.37. The Morgan fingerprint density at radius 3 is 1.27 bits per heavy atom. The predicted octanol–water partition coefficient (Wildman–Crippen LogP) is 15.9. The largest absolute Gasteiger partial charge is 0.416 e. The van der Waals surface area contributed by atoms with E-state index in [9.17, 15) is 46.6 Å². The average molecular weight is 785 g/mol. The Morgan fingerprint density at radius 1 is 0.491 bits per heavy atom. The number of nitrogens with zero attached hydrogens (tertiary/aromatic N) is 2. The molecule has 0 heterocycles. The van der Waals surface area contributed by atoms with Gasteiger partial charge in [0.15, 0.2) is 0 Å². The molecular weight excluding hydrogens is 722 g/mol. The van der Waals surface area contributed by atoms with Gasteiger partial charge in [0.2, 0.25) is 0 Å². The van der Waals surface area contributed by atoms with Gasteiger partial charge in [-0.25, -0.2) is 0 Å². The molecule has 0 radical (unpaired) electrons. The summed E-state index contributed by atoms with van der Waals surface area (Å²) >= 11 is 0. The summed E-state index contributed by atoms with van der Waals surface area (Å²) in [6.07, 6.45) is -9.55.